The molecule has 2 aliphatic heterocycles. The molecule has 12 heteroatoms. The van der Waals surface area contributed by atoms with Crippen LogP contribution in [-0.2, 0) is 19.2 Å². The van der Waals surface area contributed by atoms with Gasteiger partial charge in [-0.05, 0) is 81.5 Å². The number of methoxy groups -OCH3 is 1. The number of alkyl halides is 2. The number of phenolic OH excluding ortho intramolecular Hbond substituents is 1. The summed E-state index contributed by atoms with van der Waals surface area (Å²) in [6.07, 6.45) is 1.81. The summed E-state index contributed by atoms with van der Waals surface area (Å²) < 4.78 is 19.1. The third-order valence-electron chi connectivity index (χ3n) is 9.17. The van der Waals surface area contributed by atoms with Crippen molar-refractivity contribution in [3.63, 3.8) is 0 Å². The summed E-state index contributed by atoms with van der Waals surface area (Å²) in [5.41, 5.74) is 0.174. The fraction of sp³-hybridized carbons (Fsp3) is 0.419. The van der Waals surface area contributed by atoms with E-state index in [0.29, 0.717) is 11.1 Å². The molecule has 3 fully saturated rings. The van der Waals surface area contributed by atoms with Crippen molar-refractivity contribution in [2.75, 3.05) is 12.0 Å². The second kappa shape index (κ2) is 9.68. The van der Waals surface area contributed by atoms with Crippen molar-refractivity contribution < 1.29 is 33.4 Å². The average Bonchev–Trinajstić information content (AvgIpc) is 3.29. The topological polar surface area (TPSA) is 104 Å². The summed E-state index contributed by atoms with van der Waals surface area (Å²) in [5, 5.41) is 10.4. The van der Waals surface area contributed by atoms with Gasteiger partial charge < -0.3 is 9.84 Å². The number of benzene rings is 2. The SMILES string of the molecule is COc1cc(C2C3=CCC4C(=O)N(C(C)(C)C)C(=O)C4C3CC3(Cl)C(=O)N(c4ccc(F)cc4)C(=O)C23Cl)cc(Cl)c1O. The molecule has 6 unspecified atom stereocenters. The fourth-order valence-electron chi connectivity index (χ4n) is 7.35. The van der Waals surface area contributed by atoms with E-state index in [0.717, 1.165) is 17.0 Å². The molecule has 2 heterocycles. The summed E-state index contributed by atoms with van der Waals surface area (Å²) in [6.45, 7) is 5.32. The zero-order valence-electron chi connectivity index (χ0n) is 23.7. The first kappa shape index (κ1) is 29.9. The number of nitrogens with zero attached hydrogens (tertiary/aromatic N) is 2. The van der Waals surface area contributed by atoms with E-state index in [-0.39, 0.29) is 46.9 Å². The van der Waals surface area contributed by atoms with Crippen molar-refractivity contribution in [3.8, 4) is 11.5 Å². The van der Waals surface area contributed by atoms with Crippen LogP contribution in [0.4, 0.5) is 10.1 Å². The normalized spacial score (nSPS) is 32.0. The fourth-order valence-corrected chi connectivity index (χ4v) is 8.50. The van der Waals surface area contributed by atoms with Crippen LogP contribution in [0, 0.1) is 23.6 Å². The number of allylic oxidation sites excluding steroid dienone is 2. The quantitative estimate of drug-likeness (QED) is 0.266. The molecule has 2 aromatic carbocycles. The average molecular weight is 650 g/mol. The van der Waals surface area contributed by atoms with E-state index in [1.165, 1.54) is 36.3 Å². The number of anilines is 1. The number of aromatic hydroxyl groups is 1. The van der Waals surface area contributed by atoms with Crippen molar-refractivity contribution in [1.82, 2.24) is 4.90 Å². The monoisotopic (exact) mass is 648 g/mol. The van der Waals surface area contributed by atoms with Crippen LogP contribution in [0.1, 0.15) is 45.1 Å². The molecular formula is C31H28Cl3FN2O6. The maximum Gasteiger partial charge on any atom is 0.258 e. The number of imide groups is 2. The molecule has 4 amide bonds. The number of fused-ring (bicyclic) bond motifs is 4. The Kier molecular flexibility index (Phi) is 6.73. The van der Waals surface area contributed by atoms with Crippen LogP contribution in [0.15, 0.2) is 48.0 Å². The van der Waals surface area contributed by atoms with E-state index in [1.807, 2.05) is 0 Å². The van der Waals surface area contributed by atoms with Gasteiger partial charge in [0.2, 0.25) is 11.8 Å². The maximum absolute atomic E-state index is 14.4. The third kappa shape index (κ3) is 3.93. The van der Waals surface area contributed by atoms with Crippen molar-refractivity contribution in [2.45, 2.75) is 54.8 Å². The molecule has 2 aromatic rings. The third-order valence-corrected chi connectivity index (χ3v) is 10.9. The van der Waals surface area contributed by atoms with Crippen LogP contribution in [0.5, 0.6) is 11.5 Å². The van der Waals surface area contributed by atoms with Crippen LogP contribution in [0.2, 0.25) is 5.02 Å². The van der Waals surface area contributed by atoms with E-state index >= 15 is 0 Å². The lowest BCUT2D eigenvalue weighted by Gasteiger charge is -2.50. The number of rotatable bonds is 3. The Morgan fingerprint density at radius 2 is 1.65 bits per heavy atom. The predicted molar refractivity (Wildman–Crippen MR) is 158 cm³/mol. The molecule has 0 radical (unpaired) electrons. The summed E-state index contributed by atoms with van der Waals surface area (Å²) in [6, 6.07) is 7.66. The van der Waals surface area contributed by atoms with E-state index in [1.54, 1.807) is 26.8 Å². The minimum Gasteiger partial charge on any atom is -0.503 e. The maximum atomic E-state index is 14.4. The molecule has 226 valence electrons. The van der Waals surface area contributed by atoms with Gasteiger partial charge in [-0.3, -0.25) is 24.1 Å². The van der Waals surface area contributed by atoms with Gasteiger partial charge in [-0.15, -0.1) is 23.2 Å². The number of ether oxygens (including phenoxy) is 1. The highest BCUT2D eigenvalue weighted by Gasteiger charge is 2.76. The van der Waals surface area contributed by atoms with Gasteiger partial charge in [0.15, 0.2) is 21.2 Å². The first-order valence-electron chi connectivity index (χ1n) is 13.7. The Balaban J connectivity index is 1.59. The molecule has 4 aliphatic rings. The molecule has 0 bridgehead atoms. The van der Waals surface area contributed by atoms with Crippen LogP contribution < -0.4 is 9.64 Å². The van der Waals surface area contributed by atoms with E-state index in [2.05, 4.69) is 0 Å². The number of carbonyl (C=O) groups is 4. The first-order valence-corrected chi connectivity index (χ1v) is 14.9. The number of hydrogen-bond donors (Lipinski definition) is 1. The Bertz CT molecular complexity index is 1640. The van der Waals surface area contributed by atoms with Crippen LogP contribution in [-0.4, -0.2) is 56.0 Å². The summed E-state index contributed by atoms with van der Waals surface area (Å²) >= 11 is 21.1. The zero-order chi connectivity index (χ0) is 31.4. The molecule has 43 heavy (non-hydrogen) atoms. The lowest BCUT2D eigenvalue weighted by atomic mass is 9.56. The number of likely N-dealkylation sites (tertiary alicyclic amines) is 1. The summed E-state index contributed by atoms with van der Waals surface area (Å²) in [4.78, 5) is 54.0. The van der Waals surface area contributed by atoms with Crippen molar-refractivity contribution in [3.05, 3.63) is 64.5 Å². The van der Waals surface area contributed by atoms with Crippen LogP contribution in [0.3, 0.4) is 0 Å². The number of phenols is 1. The molecule has 1 N–H and O–H groups in total. The lowest BCUT2D eigenvalue weighted by molar-refractivity contribution is -0.145. The Hall–Kier alpha value is -3.14. The van der Waals surface area contributed by atoms with Crippen molar-refractivity contribution in [1.29, 1.82) is 0 Å². The highest BCUT2D eigenvalue weighted by Crippen LogP contribution is 2.66. The number of amides is 4. The molecule has 1 saturated carbocycles. The minimum absolute atomic E-state index is 0.00228. The van der Waals surface area contributed by atoms with Gasteiger partial charge in [-0.25, -0.2) is 9.29 Å². The van der Waals surface area contributed by atoms with Crippen LogP contribution in [0.25, 0.3) is 0 Å². The van der Waals surface area contributed by atoms with Crippen molar-refractivity contribution >= 4 is 64.1 Å². The Morgan fingerprint density at radius 3 is 2.26 bits per heavy atom. The largest absolute Gasteiger partial charge is 0.503 e. The Morgan fingerprint density at radius 1 is 1.00 bits per heavy atom. The standard InChI is InChI=1S/C31H28Cl3FN2O6/c1-29(2,3)37-25(39)18-10-9-17-19(22(18)26(37)40)13-30(33)27(41)36(16-7-5-15(35)6-8-16)28(42)31(30,34)23(17)14-11-20(32)24(38)21(12-14)43-4/h5-9,11-12,18-19,22-23,38H,10,13H2,1-4H3. The highest BCUT2D eigenvalue weighted by molar-refractivity contribution is 6.58. The smallest absolute Gasteiger partial charge is 0.258 e. The lowest BCUT2D eigenvalue weighted by Crippen LogP contribution is -2.60. The molecule has 8 nitrogen and oxygen atoms in total. The summed E-state index contributed by atoms with van der Waals surface area (Å²) in [5.74, 6) is -6.63. The van der Waals surface area contributed by atoms with E-state index in [9.17, 15) is 28.7 Å². The van der Waals surface area contributed by atoms with E-state index < -0.39 is 56.6 Å². The molecule has 0 spiro atoms. The van der Waals surface area contributed by atoms with Gasteiger partial charge >= 0.3 is 0 Å². The molecule has 6 rings (SSSR count). The second-order valence-corrected chi connectivity index (χ2v) is 14.1. The molecule has 6 atom stereocenters. The molecule has 0 aromatic heterocycles. The van der Waals surface area contributed by atoms with Gasteiger partial charge in [0.25, 0.3) is 11.8 Å². The minimum atomic E-state index is -2.13. The molecular weight excluding hydrogens is 622 g/mol. The number of halogens is 4. The summed E-state index contributed by atoms with van der Waals surface area (Å²) in [7, 11) is 1.33. The van der Waals surface area contributed by atoms with E-state index in [4.69, 9.17) is 39.5 Å². The van der Waals surface area contributed by atoms with Gasteiger partial charge in [0, 0.05) is 11.5 Å². The van der Waals surface area contributed by atoms with Gasteiger partial charge in [0.05, 0.1) is 29.7 Å². The van der Waals surface area contributed by atoms with Crippen LogP contribution >= 0.6 is 34.8 Å². The zero-order valence-corrected chi connectivity index (χ0v) is 25.9. The predicted octanol–water partition coefficient (Wildman–Crippen LogP) is 5.56. The second-order valence-electron chi connectivity index (χ2n) is 12.5. The van der Waals surface area contributed by atoms with Gasteiger partial charge in [0.1, 0.15) is 5.82 Å². The highest BCUT2D eigenvalue weighted by atomic mass is 35.5. The number of carbonyl (C=O) groups excluding carboxylic acids is 4. The van der Waals surface area contributed by atoms with Crippen molar-refractivity contribution in [2.24, 2.45) is 17.8 Å². The van der Waals surface area contributed by atoms with Gasteiger partial charge in [-0.1, -0.05) is 23.3 Å². The number of hydrogen-bond acceptors (Lipinski definition) is 6. The Labute approximate surface area is 262 Å². The molecule has 2 aliphatic carbocycles. The molecule has 2 saturated heterocycles. The van der Waals surface area contributed by atoms with Gasteiger partial charge in [-0.2, -0.15) is 0 Å². The first-order chi connectivity index (χ1) is 20.1.